The van der Waals surface area contributed by atoms with Crippen LogP contribution in [0.25, 0.3) is 0 Å². The maximum Gasteiger partial charge on any atom is 0.127 e. The van der Waals surface area contributed by atoms with Gasteiger partial charge in [0, 0.05) is 19.6 Å². The minimum absolute atomic E-state index is 0.382. The van der Waals surface area contributed by atoms with Crippen LogP contribution in [0.1, 0.15) is 5.56 Å². The molecule has 1 aliphatic heterocycles. The van der Waals surface area contributed by atoms with Gasteiger partial charge < -0.3 is 20.1 Å². The number of hydrogen-bond acceptors (Lipinski definition) is 5. The minimum atomic E-state index is -1.05. The first-order valence-corrected chi connectivity index (χ1v) is 8.20. The number of piperidine rings is 1. The number of aliphatic hydroxyl groups is 3. The van der Waals surface area contributed by atoms with Crippen LogP contribution in [0, 0.1) is 0 Å². The Kier molecular flexibility index (Phi) is 5.48. The fourth-order valence-corrected chi connectivity index (χ4v) is 2.89. The Morgan fingerprint density at radius 2 is 1.42 bits per heavy atom. The van der Waals surface area contributed by atoms with Crippen molar-refractivity contribution in [1.82, 2.24) is 4.90 Å². The van der Waals surface area contributed by atoms with Crippen molar-refractivity contribution in [3.63, 3.8) is 0 Å². The molecule has 1 aliphatic rings. The average Bonchev–Trinajstić information content (AvgIpc) is 2.60. The van der Waals surface area contributed by atoms with Crippen molar-refractivity contribution in [3.8, 4) is 11.5 Å². The van der Waals surface area contributed by atoms with Gasteiger partial charge in [-0.2, -0.15) is 0 Å². The molecule has 5 nitrogen and oxygen atoms in total. The zero-order valence-corrected chi connectivity index (χ0v) is 13.5. The van der Waals surface area contributed by atoms with Crippen molar-refractivity contribution in [2.45, 2.75) is 24.7 Å². The molecule has 3 N–H and O–H groups in total. The lowest BCUT2D eigenvalue weighted by Gasteiger charge is -2.36. The van der Waals surface area contributed by atoms with Crippen LogP contribution in [0.3, 0.4) is 0 Å². The van der Waals surface area contributed by atoms with Crippen molar-refractivity contribution >= 4 is 0 Å². The smallest absolute Gasteiger partial charge is 0.127 e. The Morgan fingerprint density at radius 1 is 0.833 bits per heavy atom. The van der Waals surface area contributed by atoms with E-state index in [4.69, 9.17) is 4.74 Å². The zero-order chi connectivity index (χ0) is 16.9. The molecular weight excluding hydrogens is 306 g/mol. The second kappa shape index (κ2) is 7.77. The molecule has 128 valence electrons. The number of likely N-dealkylation sites (tertiary alicyclic amines) is 1. The van der Waals surface area contributed by atoms with Crippen LogP contribution in [-0.4, -0.2) is 58.2 Å². The summed E-state index contributed by atoms with van der Waals surface area (Å²) < 4.78 is 5.76. The normalized spacial score (nSPS) is 24.7. The lowest BCUT2D eigenvalue weighted by Crippen LogP contribution is -2.55. The number of ether oxygens (including phenoxy) is 1. The molecule has 5 heteroatoms. The van der Waals surface area contributed by atoms with Crippen LogP contribution in [0.2, 0.25) is 0 Å². The van der Waals surface area contributed by atoms with Crippen LogP contribution in [0.15, 0.2) is 54.6 Å². The third-order valence-corrected chi connectivity index (χ3v) is 4.30. The van der Waals surface area contributed by atoms with Crippen molar-refractivity contribution in [1.29, 1.82) is 0 Å². The second-order valence-corrected chi connectivity index (χ2v) is 6.19. The number of rotatable bonds is 5. The molecule has 0 aliphatic carbocycles. The Bertz CT molecular complexity index is 620. The Balaban J connectivity index is 1.51. The van der Waals surface area contributed by atoms with Crippen LogP contribution in [0.4, 0.5) is 0 Å². The van der Waals surface area contributed by atoms with Gasteiger partial charge in [-0.3, -0.25) is 4.90 Å². The van der Waals surface area contributed by atoms with Gasteiger partial charge in [0.2, 0.25) is 0 Å². The predicted octanol–water partition coefficient (Wildman–Crippen LogP) is 1.42. The standard InChI is InChI=1S/C19H23NO4/c21-17-12-20(13-18(22)19(17)23)11-10-14-6-8-16(9-7-14)24-15-4-2-1-3-5-15/h1-9,17-19,21-23H,10-13H2. The van der Waals surface area contributed by atoms with Gasteiger partial charge in [0.05, 0.1) is 12.2 Å². The van der Waals surface area contributed by atoms with Gasteiger partial charge in [-0.15, -0.1) is 0 Å². The van der Waals surface area contributed by atoms with E-state index in [1.165, 1.54) is 0 Å². The Labute approximate surface area is 141 Å². The summed E-state index contributed by atoms with van der Waals surface area (Å²) in [4.78, 5) is 1.97. The molecule has 2 aromatic rings. The van der Waals surface area contributed by atoms with Crippen molar-refractivity contribution in [2.24, 2.45) is 0 Å². The summed E-state index contributed by atoms with van der Waals surface area (Å²) >= 11 is 0. The topological polar surface area (TPSA) is 73.2 Å². The molecule has 1 saturated heterocycles. The van der Waals surface area contributed by atoms with Gasteiger partial charge >= 0.3 is 0 Å². The van der Waals surface area contributed by atoms with Gasteiger partial charge in [0.25, 0.3) is 0 Å². The van der Waals surface area contributed by atoms with E-state index in [0.717, 1.165) is 30.0 Å². The van der Waals surface area contributed by atoms with Crippen molar-refractivity contribution in [2.75, 3.05) is 19.6 Å². The fourth-order valence-electron chi connectivity index (χ4n) is 2.89. The van der Waals surface area contributed by atoms with E-state index >= 15 is 0 Å². The summed E-state index contributed by atoms with van der Waals surface area (Å²) in [7, 11) is 0. The van der Waals surface area contributed by atoms with Gasteiger partial charge in [0.1, 0.15) is 17.6 Å². The molecule has 1 fully saturated rings. The lowest BCUT2D eigenvalue weighted by atomic mass is 10.0. The third-order valence-electron chi connectivity index (χ3n) is 4.30. The average molecular weight is 329 g/mol. The van der Waals surface area contributed by atoms with E-state index in [1.807, 2.05) is 59.5 Å². The number of β-amino-alcohol motifs (C(OH)–C–C–N with tert-alkyl or cyclic N) is 2. The predicted molar refractivity (Wildman–Crippen MR) is 91.1 cm³/mol. The molecule has 1 heterocycles. The fraction of sp³-hybridized carbons (Fsp3) is 0.368. The first-order chi connectivity index (χ1) is 11.6. The molecule has 2 aromatic carbocycles. The molecule has 0 bridgehead atoms. The summed E-state index contributed by atoms with van der Waals surface area (Å²) in [6.07, 6.45) is -2.03. The van der Waals surface area contributed by atoms with E-state index in [0.29, 0.717) is 13.1 Å². The van der Waals surface area contributed by atoms with Crippen molar-refractivity contribution in [3.05, 3.63) is 60.2 Å². The van der Waals surface area contributed by atoms with Crippen LogP contribution >= 0.6 is 0 Å². The number of hydrogen-bond donors (Lipinski definition) is 3. The summed E-state index contributed by atoms with van der Waals surface area (Å²) in [6.45, 7) is 1.49. The summed E-state index contributed by atoms with van der Waals surface area (Å²) in [5.41, 5.74) is 1.16. The van der Waals surface area contributed by atoms with E-state index < -0.39 is 18.3 Å². The monoisotopic (exact) mass is 329 g/mol. The number of benzene rings is 2. The summed E-state index contributed by atoms with van der Waals surface area (Å²) in [5.74, 6) is 1.59. The zero-order valence-electron chi connectivity index (χ0n) is 13.5. The molecule has 2 atom stereocenters. The third kappa shape index (κ3) is 4.33. The first-order valence-electron chi connectivity index (χ1n) is 8.20. The van der Waals surface area contributed by atoms with E-state index in [9.17, 15) is 15.3 Å². The molecule has 0 saturated carbocycles. The van der Waals surface area contributed by atoms with Crippen LogP contribution in [0.5, 0.6) is 11.5 Å². The van der Waals surface area contributed by atoms with Gasteiger partial charge in [0.15, 0.2) is 0 Å². The Hall–Kier alpha value is -1.92. The van der Waals surface area contributed by atoms with Crippen LogP contribution < -0.4 is 4.74 Å². The van der Waals surface area contributed by atoms with Crippen molar-refractivity contribution < 1.29 is 20.1 Å². The van der Waals surface area contributed by atoms with E-state index in [1.54, 1.807) is 0 Å². The van der Waals surface area contributed by atoms with Gasteiger partial charge in [-0.05, 0) is 36.2 Å². The lowest BCUT2D eigenvalue weighted by molar-refractivity contribution is -0.109. The number of nitrogens with zero attached hydrogens (tertiary/aromatic N) is 1. The highest BCUT2D eigenvalue weighted by Gasteiger charge is 2.32. The molecule has 0 spiro atoms. The van der Waals surface area contributed by atoms with E-state index in [-0.39, 0.29) is 0 Å². The second-order valence-electron chi connectivity index (χ2n) is 6.19. The molecule has 2 unspecified atom stereocenters. The molecular formula is C19H23NO4. The van der Waals surface area contributed by atoms with E-state index in [2.05, 4.69) is 0 Å². The van der Waals surface area contributed by atoms with Gasteiger partial charge in [-0.1, -0.05) is 30.3 Å². The maximum absolute atomic E-state index is 9.72. The quantitative estimate of drug-likeness (QED) is 0.774. The Morgan fingerprint density at radius 3 is 2.04 bits per heavy atom. The molecule has 0 radical (unpaired) electrons. The molecule has 3 rings (SSSR count). The van der Waals surface area contributed by atoms with Gasteiger partial charge in [-0.25, -0.2) is 0 Å². The van der Waals surface area contributed by atoms with Crippen LogP contribution in [-0.2, 0) is 6.42 Å². The molecule has 0 amide bonds. The highest BCUT2D eigenvalue weighted by Crippen LogP contribution is 2.21. The number of para-hydroxylation sites is 1. The summed E-state index contributed by atoms with van der Waals surface area (Å²) in [6, 6.07) is 17.5. The summed E-state index contributed by atoms with van der Waals surface area (Å²) in [5, 5.41) is 29.0. The largest absolute Gasteiger partial charge is 0.457 e. The SMILES string of the molecule is OC1CN(CCc2ccc(Oc3ccccc3)cc2)CC(O)C1O. The minimum Gasteiger partial charge on any atom is -0.457 e. The highest BCUT2D eigenvalue weighted by atomic mass is 16.5. The highest BCUT2D eigenvalue weighted by molar-refractivity contribution is 5.33. The molecule has 0 aromatic heterocycles. The first kappa shape index (κ1) is 16.9. The number of aliphatic hydroxyl groups excluding tert-OH is 3. The maximum atomic E-state index is 9.72. The molecule has 24 heavy (non-hydrogen) atoms.